The van der Waals surface area contributed by atoms with Crippen LogP contribution in [0.1, 0.15) is 24.1 Å². The molecule has 0 saturated heterocycles. The molecule has 0 N–H and O–H groups in total. The molecule has 1 aliphatic rings. The van der Waals surface area contributed by atoms with E-state index in [9.17, 15) is 0 Å². The van der Waals surface area contributed by atoms with Crippen molar-refractivity contribution < 1.29 is 0 Å². The van der Waals surface area contributed by atoms with E-state index < -0.39 is 0 Å². The molecule has 264 valence electrons. The lowest BCUT2D eigenvalue weighted by atomic mass is 9.89. The summed E-state index contributed by atoms with van der Waals surface area (Å²) in [5.41, 5.74) is 17.4. The number of aromatic nitrogens is 6. The van der Waals surface area contributed by atoms with Gasteiger partial charge in [-0.15, -0.1) is 0 Å². The Morgan fingerprint density at radius 1 is 0.429 bits per heavy atom. The van der Waals surface area contributed by atoms with Crippen molar-refractivity contribution in [3.63, 3.8) is 0 Å². The van der Waals surface area contributed by atoms with Crippen LogP contribution in [0.4, 0.5) is 0 Å². The highest BCUT2D eigenvalue weighted by atomic mass is 15.0. The van der Waals surface area contributed by atoms with Gasteiger partial charge >= 0.3 is 0 Å². The fraction of sp³-hybridized carbons (Fsp3) is 0.0400. The third-order valence-electron chi connectivity index (χ3n) is 11.0. The van der Waals surface area contributed by atoms with E-state index >= 15 is 0 Å². The molecule has 6 heterocycles. The fourth-order valence-electron chi connectivity index (χ4n) is 8.56. The van der Waals surface area contributed by atoms with Gasteiger partial charge in [0, 0.05) is 52.5 Å². The molecule has 0 atom stereocenters. The second kappa shape index (κ2) is 13.1. The Morgan fingerprint density at radius 2 is 1.02 bits per heavy atom. The molecule has 0 amide bonds. The van der Waals surface area contributed by atoms with Crippen molar-refractivity contribution in [3.05, 3.63) is 194 Å². The predicted octanol–water partition coefficient (Wildman–Crippen LogP) is 12.1. The first-order valence-corrected chi connectivity index (χ1v) is 19.0. The molecule has 0 spiro atoms. The quantitative estimate of drug-likeness (QED) is 0.172. The topological polar surface area (TPSA) is 61.4 Å². The van der Waals surface area contributed by atoms with Crippen LogP contribution in [0.25, 0.3) is 88.8 Å². The van der Waals surface area contributed by atoms with Gasteiger partial charge in [0.2, 0.25) is 0 Å². The minimum atomic E-state index is 0.953. The normalized spacial score (nSPS) is 13.1. The number of benzene rings is 4. The van der Waals surface area contributed by atoms with Gasteiger partial charge in [-0.25, -0.2) is 0 Å². The zero-order valence-corrected chi connectivity index (χ0v) is 30.4. The average Bonchev–Trinajstić information content (AvgIpc) is 3.79. The maximum absolute atomic E-state index is 4.95. The van der Waals surface area contributed by atoms with E-state index in [1.54, 1.807) is 0 Å². The molecule has 4 aromatic carbocycles. The first kappa shape index (κ1) is 32.0. The lowest BCUT2D eigenvalue weighted by molar-refractivity contribution is 1.04. The maximum Gasteiger partial charge on any atom is 0.0963 e. The van der Waals surface area contributed by atoms with Gasteiger partial charge in [-0.05, 0) is 132 Å². The van der Waals surface area contributed by atoms with E-state index in [0.717, 1.165) is 96.2 Å². The smallest absolute Gasteiger partial charge is 0.0963 e. The van der Waals surface area contributed by atoms with E-state index in [1.165, 1.54) is 16.7 Å². The van der Waals surface area contributed by atoms with Crippen molar-refractivity contribution in [1.29, 1.82) is 0 Å². The molecule has 1 aliphatic carbocycles. The summed E-state index contributed by atoms with van der Waals surface area (Å²) in [6.07, 6.45) is 14.0. The summed E-state index contributed by atoms with van der Waals surface area (Å²) < 4.78 is 4.68. The summed E-state index contributed by atoms with van der Waals surface area (Å²) in [6.45, 7) is 0. The number of nitrogens with zero attached hydrogens (tertiary/aromatic N) is 6. The number of allylic oxidation sites excluding steroid dienone is 4. The first-order valence-electron chi connectivity index (χ1n) is 19.0. The number of pyridine rings is 4. The van der Waals surface area contributed by atoms with Crippen LogP contribution in [0.15, 0.2) is 183 Å². The number of rotatable bonds is 6. The predicted molar refractivity (Wildman–Crippen MR) is 229 cm³/mol. The third-order valence-corrected chi connectivity index (χ3v) is 11.0. The summed E-state index contributed by atoms with van der Waals surface area (Å²) >= 11 is 0. The molecule has 0 unspecified atom stereocenters. The Balaban J connectivity index is 1.06. The lowest BCUT2D eigenvalue weighted by Crippen LogP contribution is -1.99. The van der Waals surface area contributed by atoms with Crippen molar-refractivity contribution in [3.8, 4) is 33.8 Å². The number of hydrogen-bond donors (Lipinski definition) is 0. The van der Waals surface area contributed by atoms with Crippen molar-refractivity contribution in [2.75, 3.05) is 0 Å². The highest BCUT2D eigenvalue weighted by molar-refractivity contribution is 6.10. The van der Waals surface area contributed by atoms with Crippen molar-refractivity contribution >= 4 is 55.0 Å². The molecule has 11 rings (SSSR count). The monoisotopic (exact) mass is 718 g/mol. The third kappa shape index (κ3) is 5.18. The number of hydrogen-bond acceptors (Lipinski definition) is 4. The zero-order chi connectivity index (χ0) is 37.0. The van der Waals surface area contributed by atoms with Crippen LogP contribution in [0, 0.1) is 0 Å². The van der Waals surface area contributed by atoms with Crippen molar-refractivity contribution in [1.82, 2.24) is 29.1 Å². The van der Waals surface area contributed by atoms with Gasteiger partial charge < -0.3 is 9.13 Å². The molecule has 0 radical (unpaired) electrons. The van der Waals surface area contributed by atoms with E-state index in [2.05, 4.69) is 142 Å². The van der Waals surface area contributed by atoms with E-state index in [1.807, 2.05) is 55.1 Å². The van der Waals surface area contributed by atoms with Crippen molar-refractivity contribution in [2.24, 2.45) is 0 Å². The van der Waals surface area contributed by atoms with Gasteiger partial charge in [0.25, 0.3) is 0 Å². The second-order valence-electron chi connectivity index (χ2n) is 14.2. The SMILES string of the molecule is C1=CC(c2ccc3c(c2)c2ncccc2n3-c2cccc(-n3c4ccc(-c5ccccc5-c5ccccn5)cc4c4ncccc43)c2)=C(c2ccccn2)CC1. The summed E-state index contributed by atoms with van der Waals surface area (Å²) in [6, 6.07) is 51.4. The first-order chi connectivity index (χ1) is 27.8. The molecule has 6 heteroatoms. The van der Waals surface area contributed by atoms with Gasteiger partial charge in [0.15, 0.2) is 0 Å². The summed E-state index contributed by atoms with van der Waals surface area (Å²) in [7, 11) is 0. The summed E-state index contributed by atoms with van der Waals surface area (Å²) in [4.78, 5) is 19.3. The minimum Gasteiger partial charge on any atom is -0.308 e. The molecule has 10 aromatic rings. The van der Waals surface area contributed by atoms with Gasteiger partial charge in [0.1, 0.15) is 0 Å². The molecule has 56 heavy (non-hydrogen) atoms. The Kier molecular flexibility index (Phi) is 7.52. The molecule has 0 fully saturated rings. The van der Waals surface area contributed by atoms with Crippen LogP contribution in [0.5, 0.6) is 0 Å². The molecular formula is C50H34N6. The van der Waals surface area contributed by atoms with Gasteiger partial charge in [-0.2, -0.15) is 0 Å². The number of fused-ring (bicyclic) bond motifs is 6. The lowest BCUT2D eigenvalue weighted by Gasteiger charge is -2.16. The Morgan fingerprint density at radius 3 is 1.68 bits per heavy atom. The van der Waals surface area contributed by atoms with E-state index in [-0.39, 0.29) is 0 Å². The zero-order valence-electron chi connectivity index (χ0n) is 30.4. The highest BCUT2D eigenvalue weighted by Gasteiger charge is 2.20. The van der Waals surface area contributed by atoms with Crippen molar-refractivity contribution in [2.45, 2.75) is 12.8 Å². The second-order valence-corrected chi connectivity index (χ2v) is 14.2. The Hall–Kier alpha value is -7.44. The molecule has 0 saturated carbocycles. The molecule has 6 nitrogen and oxygen atoms in total. The fourth-order valence-corrected chi connectivity index (χ4v) is 8.56. The average molecular weight is 719 g/mol. The molecular weight excluding hydrogens is 685 g/mol. The van der Waals surface area contributed by atoms with Crippen LogP contribution in [-0.2, 0) is 0 Å². The van der Waals surface area contributed by atoms with Crippen LogP contribution in [0.2, 0.25) is 0 Å². The molecule has 0 bridgehead atoms. The Labute approximate surface area is 323 Å². The van der Waals surface area contributed by atoms with Gasteiger partial charge in [-0.1, -0.05) is 66.7 Å². The Bertz CT molecular complexity index is 3190. The largest absolute Gasteiger partial charge is 0.308 e. The molecule has 6 aromatic heterocycles. The summed E-state index contributed by atoms with van der Waals surface area (Å²) in [5, 5.41) is 2.22. The van der Waals surface area contributed by atoms with Crippen LogP contribution in [0.3, 0.4) is 0 Å². The summed E-state index contributed by atoms with van der Waals surface area (Å²) in [5.74, 6) is 0. The standard InChI is InChI=1S/C50H34N6/c1-3-16-39(43-18-5-7-26-51-43)37(14-1)33-22-24-45-41(30-33)49-47(20-10-28-53-49)55(45)35-12-9-13-36(32-35)56-46-25-23-34(31-42(46)50-48(56)21-11-29-54-50)38-15-2-4-17-40(38)44-19-6-8-27-52-44/h1-3,5-16,18-32H,4,17H2. The van der Waals surface area contributed by atoms with Gasteiger partial charge in [0.05, 0.1) is 44.5 Å². The van der Waals surface area contributed by atoms with Crippen LogP contribution >= 0.6 is 0 Å². The minimum absolute atomic E-state index is 0.953. The maximum atomic E-state index is 4.95. The van der Waals surface area contributed by atoms with E-state index in [0.29, 0.717) is 0 Å². The van der Waals surface area contributed by atoms with Crippen LogP contribution < -0.4 is 0 Å². The highest BCUT2D eigenvalue weighted by Crippen LogP contribution is 2.40. The van der Waals surface area contributed by atoms with Crippen LogP contribution in [-0.4, -0.2) is 29.1 Å². The van der Waals surface area contributed by atoms with Gasteiger partial charge in [-0.3, -0.25) is 19.9 Å². The molecule has 0 aliphatic heterocycles. The van der Waals surface area contributed by atoms with E-state index in [4.69, 9.17) is 15.0 Å².